The molecule has 9 rings (SSSR count). The molecule has 0 amide bonds. The summed E-state index contributed by atoms with van der Waals surface area (Å²) in [4.78, 5) is 4.91. The van der Waals surface area contributed by atoms with Gasteiger partial charge in [0.25, 0.3) is 0 Å². The topological polar surface area (TPSA) is 22.8 Å². The van der Waals surface area contributed by atoms with Crippen molar-refractivity contribution in [1.29, 1.82) is 0 Å². The standard InChI is InChI=1S/C39H25N3S/c1-4-14-26(15-5-1)36-37-30-21-11-13-23-33(30)41(28-18-8-3-9-19-28)34(37)24-31-29-20-10-12-22-32(29)42(38(31)36)35-25-40-39(43-35)27-16-6-2-7-17-27/h1-25H. The van der Waals surface area contributed by atoms with Crippen LogP contribution in [-0.2, 0) is 0 Å². The van der Waals surface area contributed by atoms with E-state index in [1.807, 2.05) is 12.3 Å². The van der Waals surface area contributed by atoms with E-state index in [1.165, 1.54) is 54.7 Å². The highest BCUT2D eigenvalue weighted by atomic mass is 32.1. The van der Waals surface area contributed by atoms with E-state index in [2.05, 4.69) is 149 Å². The van der Waals surface area contributed by atoms with Crippen LogP contribution in [-0.4, -0.2) is 14.1 Å². The Kier molecular flexibility index (Phi) is 5.37. The van der Waals surface area contributed by atoms with E-state index >= 15 is 0 Å². The molecule has 0 atom stereocenters. The van der Waals surface area contributed by atoms with Gasteiger partial charge in [0.05, 0.1) is 28.3 Å². The Morgan fingerprint density at radius 3 is 1.79 bits per heavy atom. The lowest BCUT2D eigenvalue weighted by Crippen LogP contribution is -1.95. The van der Waals surface area contributed by atoms with E-state index in [0.29, 0.717) is 0 Å². The molecular formula is C39H25N3S. The first-order valence-corrected chi connectivity index (χ1v) is 15.3. The predicted octanol–water partition coefficient (Wildman–Crippen LogP) is 10.7. The zero-order chi connectivity index (χ0) is 28.3. The number of fused-ring (bicyclic) bond motifs is 6. The molecule has 0 fully saturated rings. The van der Waals surface area contributed by atoms with Crippen LogP contribution in [0.25, 0.3) is 76.0 Å². The maximum Gasteiger partial charge on any atom is 0.125 e. The normalized spacial score (nSPS) is 11.7. The molecule has 0 unspecified atom stereocenters. The van der Waals surface area contributed by atoms with Crippen LogP contribution < -0.4 is 0 Å². The van der Waals surface area contributed by atoms with Crippen molar-refractivity contribution in [1.82, 2.24) is 14.1 Å². The highest BCUT2D eigenvalue weighted by molar-refractivity contribution is 7.17. The minimum atomic E-state index is 1.02. The number of aromatic nitrogens is 3. The Morgan fingerprint density at radius 1 is 0.488 bits per heavy atom. The number of hydrogen-bond acceptors (Lipinski definition) is 2. The first kappa shape index (κ1) is 24.2. The summed E-state index contributed by atoms with van der Waals surface area (Å²) in [6.45, 7) is 0. The monoisotopic (exact) mass is 567 g/mol. The van der Waals surface area contributed by atoms with Crippen LogP contribution in [0, 0.1) is 0 Å². The van der Waals surface area contributed by atoms with Gasteiger partial charge < -0.3 is 4.57 Å². The first-order valence-electron chi connectivity index (χ1n) is 14.5. The third-order valence-corrected chi connectivity index (χ3v) is 9.44. The van der Waals surface area contributed by atoms with Crippen LogP contribution in [0.5, 0.6) is 0 Å². The molecule has 202 valence electrons. The summed E-state index contributed by atoms with van der Waals surface area (Å²) in [5.74, 6) is 0. The number of rotatable bonds is 4. The quantitative estimate of drug-likeness (QED) is 0.207. The summed E-state index contributed by atoms with van der Waals surface area (Å²) in [5, 5.41) is 7.09. The summed E-state index contributed by atoms with van der Waals surface area (Å²) < 4.78 is 4.86. The second kappa shape index (κ2) is 9.55. The van der Waals surface area contributed by atoms with E-state index in [0.717, 1.165) is 21.3 Å². The molecule has 3 aromatic heterocycles. The van der Waals surface area contributed by atoms with Crippen LogP contribution in [0.15, 0.2) is 152 Å². The molecule has 0 bridgehead atoms. The van der Waals surface area contributed by atoms with Crippen molar-refractivity contribution in [2.24, 2.45) is 0 Å². The fourth-order valence-corrected chi connectivity index (χ4v) is 7.57. The summed E-state index contributed by atoms with van der Waals surface area (Å²) in [6.07, 6.45) is 2.03. The molecule has 0 N–H and O–H groups in total. The van der Waals surface area contributed by atoms with Crippen LogP contribution in [0.2, 0.25) is 0 Å². The van der Waals surface area contributed by atoms with Gasteiger partial charge in [-0.15, -0.1) is 0 Å². The lowest BCUT2D eigenvalue weighted by atomic mass is 9.96. The predicted molar refractivity (Wildman–Crippen MR) is 182 cm³/mol. The molecule has 6 aromatic carbocycles. The summed E-state index contributed by atoms with van der Waals surface area (Å²) in [6, 6.07) is 52.0. The smallest absolute Gasteiger partial charge is 0.125 e. The van der Waals surface area contributed by atoms with Crippen molar-refractivity contribution in [3.05, 3.63) is 152 Å². The second-order valence-corrected chi connectivity index (χ2v) is 11.8. The van der Waals surface area contributed by atoms with Crippen molar-refractivity contribution < 1.29 is 0 Å². The van der Waals surface area contributed by atoms with E-state index in [1.54, 1.807) is 11.3 Å². The van der Waals surface area contributed by atoms with Crippen LogP contribution in [0.3, 0.4) is 0 Å². The number of para-hydroxylation sites is 3. The van der Waals surface area contributed by atoms with Gasteiger partial charge in [0.2, 0.25) is 0 Å². The molecule has 0 aliphatic rings. The minimum Gasteiger partial charge on any atom is -0.309 e. The van der Waals surface area contributed by atoms with Crippen LogP contribution in [0.4, 0.5) is 0 Å². The molecule has 0 spiro atoms. The van der Waals surface area contributed by atoms with Crippen molar-refractivity contribution >= 4 is 54.9 Å². The molecule has 3 heterocycles. The van der Waals surface area contributed by atoms with Crippen LogP contribution in [0.1, 0.15) is 0 Å². The third-order valence-electron chi connectivity index (χ3n) is 8.40. The first-order chi connectivity index (χ1) is 21.4. The van der Waals surface area contributed by atoms with E-state index in [4.69, 9.17) is 4.98 Å². The number of thiazole rings is 1. The fraction of sp³-hybridized carbons (Fsp3) is 0. The van der Waals surface area contributed by atoms with E-state index in [9.17, 15) is 0 Å². The van der Waals surface area contributed by atoms with Gasteiger partial charge in [-0.1, -0.05) is 127 Å². The Morgan fingerprint density at radius 2 is 1.07 bits per heavy atom. The van der Waals surface area contributed by atoms with Crippen molar-refractivity contribution in [2.75, 3.05) is 0 Å². The van der Waals surface area contributed by atoms with Gasteiger partial charge in [-0.2, -0.15) is 0 Å². The van der Waals surface area contributed by atoms with Gasteiger partial charge in [0.1, 0.15) is 10.0 Å². The molecule has 43 heavy (non-hydrogen) atoms. The SMILES string of the molecule is c1ccc(-c2ncc(-n3c4ccccc4c4cc5c(c(-c6ccccc6)c43)c3ccccc3n5-c3ccccc3)s2)cc1. The highest BCUT2D eigenvalue weighted by Gasteiger charge is 2.24. The lowest BCUT2D eigenvalue weighted by molar-refractivity contribution is 1.18. The maximum atomic E-state index is 4.91. The Bertz CT molecular complexity index is 2430. The van der Waals surface area contributed by atoms with Gasteiger partial charge in [-0.05, 0) is 35.9 Å². The number of nitrogens with zero attached hydrogens (tertiary/aromatic N) is 3. The molecule has 9 aromatic rings. The Labute approximate surface area is 252 Å². The average Bonchev–Trinajstić information content (AvgIpc) is 3.78. The lowest BCUT2D eigenvalue weighted by Gasteiger charge is -2.13. The summed E-state index contributed by atoms with van der Waals surface area (Å²) >= 11 is 1.74. The van der Waals surface area contributed by atoms with E-state index in [-0.39, 0.29) is 0 Å². The van der Waals surface area contributed by atoms with Crippen molar-refractivity contribution in [3.63, 3.8) is 0 Å². The molecule has 0 saturated carbocycles. The molecule has 0 aliphatic carbocycles. The van der Waals surface area contributed by atoms with Gasteiger partial charge in [-0.25, -0.2) is 4.98 Å². The van der Waals surface area contributed by atoms with Crippen molar-refractivity contribution in [2.45, 2.75) is 0 Å². The second-order valence-electron chi connectivity index (χ2n) is 10.8. The minimum absolute atomic E-state index is 1.02. The average molecular weight is 568 g/mol. The summed E-state index contributed by atoms with van der Waals surface area (Å²) in [7, 11) is 0. The molecule has 4 heteroatoms. The number of benzene rings is 6. The molecular weight excluding hydrogens is 543 g/mol. The Hall–Kier alpha value is -5.45. The molecule has 3 nitrogen and oxygen atoms in total. The zero-order valence-electron chi connectivity index (χ0n) is 23.2. The number of hydrogen-bond donors (Lipinski definition) is 0. The maximum absolute atomic E-state index is 4.91. The fourth-order valence-electron chi connectivity index (χ4n) is 6.62. The van der Waals surface area contributed by atoms with Gasteiger partial charge >= 0.3 is 0 Å². The van der Waals surface area contributed by atoms with Gasteiger partial charge in [0.15, 0.2) is 0 Å². The van der Waals surface area contributed by atoms with E-state index < -0.39 is 0 Å². The highest BCUT2D eigenvalue weighted by Crippen LogP contribution is 2.47. The molecule has 0 aliphatic heterocycles. The Balaban J connectivity index is 1.50. The van der Waals surface area contributed by atoms with Gasteiger partial charge in [-0.3, -0.25) is 4.57 Å². The molecule has 0 saturated heterocycles. The largest absolute Gasteiger partial charge is 0.309 e. The van der Waals surface area contributed by atoms with Crippen LogP contribution >= 0.6 is 11.3 Å². The van der Waals surface area contributed by atoms with Gasteiger partial charge in [0, 0.05) is 38.4 Å². The molecule has 0 radical (unpaired) electrons. The summed E-state index contributed by atoms with van der Waals surface area (Å²) in [5.41, 5.74) is 9.53. The zero-order valence-corrected chi connectivity index (χ0v) is 24.0. The third kappa shape index (κ3) is 3.64. The van der Waals surface area contributed by atoms with Crippen molar-refractivity contribution in [3.8, 4) is 32.4 Å².